The number of halogens is 2. The Bertz CT molecular complexity index is 470. The van der Waals surface area contributed by atoms with E-state index in [2.05, 4.69) is 15.7 Å². The van der Waals surface area contributed by atoms with Gasteiger partial charge in [0.2, 0.25) is 5.96 Å². The maximum Gasteiger partial charge on any atom is 0.206 e. The molecule has 0 spiro atoms. The normalized spacial score (nSPS) is 17.1. The van der Waals surface area contributed by atoms with Crippen LogP contribution in [0.4, 0.5) is 8.78 Å². The van der Waals surface area contributed by atoms with Crippen molar-refractivity contribution >= 4 is 5.96 Å². The number of nitrogens with zero attached hydrogens (tertiary/aromatic N) is 1. The Morgan fingerprint density at radius 2 is 2.00 bits per heavy atom. The van der Waals surface area contributed by atoms with Crippen molar-refractivity contribution in [1.29, 1.82) is 0 Å². The molecule has 1 fully saturated rings. The topological polar surface area (TPSA) is 62.4 Å². The van der Waals surface area contributed by atoms with Gasteiger partial charge in [-0.15, -0.1) is 0 Å². The average Bonchev–Trinajstić information content (AvgIpc) is 2.47. The second-order valence-corrected chi connectivity index (χ2v) is 5.02. The SMILES string of the molecule is NNC(=NCc1cc(F)ccc1F)NC1CCCCC1. The fourth-order valence-electron chi connectivity index (χ4n) is 2.40. The molecule has 0 bridgehead atoms. The van der Waals surface area contributed by atoms with E-state index in [1.165, 1.54) is 19.3 Å². The first-order valence-corrected chi connectivity index (χ1v) is 6.90. The summed E-state index contributed by atoms with van der Waals surface area (Å²) < 4.78 is 26.5. The molecule has 0 saturated heterocycles. The standard InChI is InChI=1S/C14H20F2N4/c15-11-6-7-13(16)10(8-11)9-18-14(20-17)19-12-4-2-1-3-5-12/h6-8,12H,1-5,9,17H2,(H2,18,19,20). The highest BCUT2D eigenvalue weighted by atomic mass is 19.1. The van der Waals surface area contributed by atoms with E-state index < -0.39 is 11.6 Å². The van der Waals surface area contributed by atoms with Gasteiger partial charge >= 0.3 is 0 Å². The van der Waals surface area contributed by atoms with E-state index in [0.29, 0.717) is 12.0 Å². The van der Waals surface area contributed by atoms with Crippen LogP contribution >= 0.6 is 0 Å². The van der Waals surface area contributed by atoms with Gasteiger partial charge in [0.1, 0.15) is 11.6 Å². The van der Waals surface area contributed by atoms with Crippen molar-refractivity contribution in [2.75, 3.05) is 0 Å². The minimum atomic E-state index is -0.473. The second kappa shape index (κ2) is 7.19. The Morgan fingerprint density at radius 1 is 1.25 bits per heavy atom. The lowest BCUT2D eigenvalue weighted by Crippen LogP contribution is -2.47. The molecule has 4 N–H and O–H groups in total. The van der Waals surface area contributed by atoms with Crippen LogP contribution in [0.15, 0.2) is 23.2 Å². The van der Waals surface area contributed by atoms with Gasteiger partial charge in [0.25, 0.3) is 0 Å². The lowest BCUT2D eigenvalue weighted by Gasteiger charge is -2.24. The van der Waals surface area contributed by atoms with Crippen LogP contribution in [0.25, 0.3) is 0 Å². The Hall–Kier alpha value is -1.69. The number of aliphatic imine (C=N–C) groups is 1. The molecule has 0 unspecified atom stereocenters. The molecule has 1 aliphatic rings. The van der Waals surface area contributed by atoms with Gasteiger partial charge in [-0.1, -0.05) is 19.3 Å². The molecule has 1 aromatic rings. The third-order valence-electron chi connectivity index (χ3n) is 3.50. The lowest BCUT2D eigenvalue weighted by molar-refractivity contribution is 0.410. The highest BCUT2D eigenvalue weighted by Crippen LogP contribution is 2.17. The maximum atomic E-state index is 13.5. The third kappa shape index (κ3) is 4.16. The number of benzene rings is 1. The Balaban J connectivity index is 1.97. The van der Waals surface area contributed by atoms with Gasteiger partial charge in [0.05, 0.1) is 6.54 Å². The molecule has 6 heteroatoms. The number of rotatable bonds is 3. The van der Waals surface area contributed by atoms with E-state index in [-0.39, 0.29) is 12.1 Å². The molecule has 0 aromatic heterocycles. The van der Waals surface area contributed by atoms with Crippen LogP contribution in [0.2, 0.25) is 0 Å². The van der Waals surface area contributed by atoms with Crippen molar-refractivity contribution in [2.45, 2.75) is 44.7 Å². The van der Waals surface area contributed by atoms with Crippen LogP contribution < -0.4 is 16.6 Å². The summed E-state index contributed by atoms with van der Waals surface area (Å²) in [6, 6.07) is 3.68. The van der Waals surface area contributed by atoms with Crippen LogP contribution in [0, 0.1) is 11.6 Å². The smallest absolute Gasteiger partial charge is 0.206 e. The zero-order valence-corrected chi connectivity index (χ0v) is 11.3. The number of nitrogens with one attached hydrogen (secondary N) is 2. The molecule has 1 aliphatic carbocycles. The Labute approximate surface area is 117 Å². The number of guanidine groups is 1. The zero-order valence-electron chi connectivity index (χ0n) is 11.3. The number of hydrazine groups is 1. The molecular weight excluding hydrogens is 262 g/mol. The summed E-state index contributed by atoms with van der Waals surface area (Å²) in [5.41, 5.74) is 2.69. The first-order chi connectivity index (χ1) is 9.69. The minimum absolute atomic E-state index is 0.0445. The van der Waals surface area contributed by atoms with Crippen LogP contribution in [0.1, 0.15) is 37.7 Å². The highest BCUT2D eigenvalue weighted by Gasteiger charge is 2.14. The summed E-state index contributed by atoms with van der Waals surface area (Å²) in [6.07, 6.45) is 5.79. The maximum absolute atomic E-state index is 13.5. The summed E-state index contributed by atoms with van der Waals surface area (Å²) in [5.74, 6) is 4.89. The van der Waals surface area contributed by atoms with Crippen molar-refractivity contribution in [3.05, 3.63) is 35.4 Å². The molecule has 1 aromatic carbocycles. The lowest BCUT2D eigenvalue weighted by atomic mass is 9.96. The summed E-state index contributed by atoms with van der Waals surface area (Å²) in [5, 5.41) is 3.21. The molecule has 0 radical (unpaired) electrons. The number of hydrogen-bond donors (Lipinski definition) is 3. The minimum Gasteiger partial charge on any atom is -0.353 e. The molecule has 4 nitrogen and oxygen atoms in total. The van der Waals surface area contributed by atoms with Gasteiger partial charge in [-0.3, -0.25) is 5.43 Å². The average molecular weight is 282 g/mol. The Kier molecular flexibility index (Phi) is 5.29. The van der Waals surface area contributed by atoms with Gasteiger partial charge < -0.3 is 5.32 Å². The first kappa shape index (κ1) is 14.7. The van der Waals surface area contributed by atoms with Gasteiger partial charge in [-0.25, -0.2) is 19.6 Å². The second-order valence-electron chi connectivity index (χ2n) is 5.02. The predicted molar refractivity (Wildman–Crippen MR) is 74.8 cm³/mol. The molecule has 0 atom stereocenters. The van der Waals surface area contributed by atoms with Crippen molar-refractivity contribution in [3.8, 4) is 0 Å². The van der Waals surface area contributed by atoms with E-state index in [9.17, 15) is 8.78 Å². The van der Waals surface area contributed by atoms with E-state index in [1.807, 2.05) is 0 Å². The molecule has 1 saturated carbocycles. The molecule has 20 heavy (non-hydrogen) atoms. The number of hydrogen-bond acceptors (Lipinski definition) is 2. The van der Waals surface area contributed by atoms with Crippen molar-refractivity contribution in [2.24, 2.45) is 10.8 Å². The van der Waals surface area contributed by atoms with Crippen LogP contribution in [0.5, 0.6) is 0 Å². The van der Waals surface area contributed by atoms with E-state index in [4.69, 9.17) is 5.84 Å². The summed E-state index contributed by atoms with van der Waals surface area (Å²) in [6.45, 7) is 0.0445. The predicted octanol–water partition coefficient (Wildman–Crippen LogP) is 2.21. The molecular formula is C14H20F2N4. The van der Waals surface area contributed by atoms with Crippen molar-refractivity contribution in [3.63, 3.8) is 0 Å². The van der Waals surface area contributed by atoms with Gasteiger partial charge in [0, 0.05) is 11.6 Å². The molecule has 110 valence electrons. The van der Waals surface area contributed by atoms with E-state index >= 15 is 0 Å². The van der Waals surface area contributed by atoms with Crippen LogP contribution in [0.3, 0.4) is 0 Å². The van der Waals surface area contributed by atoms with Gasteiger partial charge in [-0.05, 0) is 31.0 Å². The third-order valence-corrected chi connectivity index (χ3v) is 3.50. The molecule has 0 heterocycles. The van der Waals surface area contributed by atoms with E-state index in [0.717, 1.165) is 31.0 Å². The number of nitrogens with two attached hydrogens (primary N) is 1. The summed E-state index contributed by atoms with van der Waals surface area (Å²) in [7, 11) is 0. The first-order valence-electron chi connectivity index (χ1n) is 6.90. The monoisotopic (exact) mass is 282 g/mol. The van der Waals surface area contributed by atoms with Crippen molar-refractivity contribution in [1.82, 2.24) is 10.7 Å². The quantitative estimate of drug-likeness (QED) is 0.345. The van der Waals surface area contributed by atoms with Crippen LogP contribution in [-0.2, 0) is 6.54 Å². The highest BCUT2D eigenvalue weighted by molar-refractivity contribution is 5.79. The fourth-order valence-corrected chi connectivity index (χ4v) is 2.40. The summed E-state index contributed by atoms with van der Waals surface area (Å²) >= 11 is 0. The fraction of sp³-hybridized carbons (Fsp3) is 0.500. The van der Waals surface area contributed by atoms with Crippen LogP contribution in [-0.4, -0.2) is 12.0 Å². The largest absolute Gasteiger partial charge is 0.353 e. The van der Waals surface area contributed by atoms with Gasteiger partial charge in [-0.2, -0.15) is 0 Å². The molecule has 2 rings (SSSR count). The summed E-state index contributed by atoms with van der Waals surface area (Å²) in [4.78, 5) is 4.17. The van der Waals surface area contributed by atoms with Crippen molar-refractivity contribution < 1.29 is 8.78 Å². The molecule has 0 amide bonds. The van der Waals surface area contributed by atoms with E-state index in [1.54, 1.807) is 0 Å². The Morgan fingerprint density at radius 3 is 2.70 bits per heavy atom. The van der Waals surface area contributed by atoms with Gasteiger partial charge in [0.15, 0.2) is 0 Å². The zero-order chi connectivity index (χ0) is 14.4. The molecule has 0 aliphatic heterocycles.